The Morgan fingerprint density at radius 1 is 1.06 bits per heavy atom. The second-order valence-electron chi connectivity index (χ2n) is 3.60. The van der Waals surface area contributed by atoms with Crippen LogP contribution in [0.5, 0.6) is 0 Å². The number of hydrogen-bond donors (Lipinski definition) is 0. The van der Waals surface area contributed by atoms with Crippen molar-refractivity contribution in [2.24, 2.45) is 0 Å². The summed E-state index contributed by atoms with van der Waals surface area (Å²) in [4.78, 5) is 0. The number of rotatable bonds is 2. The predicted molar refractivity (Wildman–Crippen MR) is 61.9 cm³/mol. The van der Waals surface area contributed by atoms with E-state index in [1.165, 1.54) is 11.3 Å². The zero-order valence-electron chi connectivity index (χ0n) is 9.03. The number of hydrogen-bond acceptors (Lipinski definition) is 0. The maximum atomic E-state index is 5.84. The summed E-state index contributed by atoms with van der Waals surface area (Å²) in [5.74, 6) is 0. The van der Waals surface area contributed by atoms with E-state index in [2.05, 4.69) is 35.9 Å². The fraction of sp³-hybridized carbons (Fsp3) is 0.154. The van der Waals surface area contributed by atoms with Gasteiger partial charge in [0, 0.05) is 29.6 Å². The lowest BCUT2D eigenvalue weighted by molar-refractivity contribution is -0.694. The summed E-state index contributed by atoms with van der Waals surface area (Å²) in [5, 5.41) is 0.786. The summed E-state index contributed by atoms with van der Waals surface area (Å²) in [7, 11) is 0. The molecule has 0 amide bonds. The van der Waals surface area contributed by atoms with E-state index >= 15 is 0 Å². The molecule has 84 valence electrons. The smallest absolute Gasteiger partial charge is 0.178 e. The highest BCUT2D eigenvalue weighted by molar-refractivity contribution is 6.30. The van der Waals surface area contributed by atoms with Gasteiger partial charge in [-0.05, 0) is 12.1 Å². The molecule has 0 N–H and O–H groups in total. The van der Waals surface area contributed by atoms with Gasteiger partial charge in [0.2, 0.25) is 0 Å². The molecule has 1 nitrogen and oxygen atoms in total. The Morgan fingerprint density at radius 3 is 2.38 bits per heavy atom. The van der Waals surface area contributed by atoms with Crippen LogP contribution in [0, 0.1) is 6.92 Å². The number of benzene rings is 1. The molecule has 2 aromatic rings. The number of aryl methyl sites for hydroxylation is 1. The Labute approximate surface area is 107 Å². The fourth-order valence-electron chi connectivity index (χ4n) is 1.53. The van der Waals surface area contributed by atoms with Gasteiger partial charge in [0.25, 0.3) is 0 Å². The molecule has 1 aromatic heterocycles. The SMILES string of the molecule is Cc1cccc[n+]1Cc1ccc(Cl)cc1.[Cl-]. The second-order valence-corrected chi connectivity index (χ2v) is 4.03. The van der Waals surface area contributed by atoms with Crippen molar-refractivity contribution >= 4 is 11.6 Å². The average molecular weight is 254 g/mol. The number of nitrogens with zero attached hydrogens (tertiary/aromatic N) is 1. The Balaban J connectivity index is 0.00000128. The molecule has 0 aliphatic heterocycles. The highest BCUT2D eigenvalue weighted by Crippen LogP contribution is 2.09. The normalized spacial score (nSPS) is 9.62. The molecule has 0 atom stereocenters. The molecular weight excluding hydrogens is 241 g/mol. The maximum Gasteiger partial charge on any atom is 0.178 e. The first-order valence-electron chi connectivity index (χ1n) is 4.95. The summed E-state index contributed by atoms with van der Waals surface area (Å²) in [6.45, 7) is 3.00. The van der Waals surface area contributed by atoms with Crippen molar-refractivity contribution < 1.29 is 17.0 Å². The lowest BCUT2D eigenvalue weighted by Crippen LogP contribution is -3.00. The molecule has 2 rings (SSSR count). The molecule has 0 saturated heterocycles. The molecule has 16 heavy (non-hydrogen) atoms. The topological polar surface area (TPSA) is 3.88 Å². The van der Waals surface area contributed by atoms with E-state index in [1.807, 2.05) is 24.3 Å². The van der Waals surface area contributed by atoms with Gasteiger partial charge in [-0.15, -0.1) is 0 Å². The number of halogens is 2. The Bertz CT molecular complexity index is 452. The quantitative estimate of drug-likeness (QED) is 0.664. The van der Waals surface area contributed by atoms with Crippen LogP contribution in [0.4, 0.5) is 0 Å². The van der Waals surface area contributed by atoms with Crippen molar-refractivity contribution in [2.75, 3.05) is 0 Å². The summed E-state index contributed by atoms with van der Waals surface area (Å²) < 4.78 is 2.21. The van der Waals surface area contributed by atoms with E-state index in [1.54, 1.807) is 0 Å². The van der Waals surface area contributed by atoms with Crippen molar-refractivity contribution in [3.8, 4) is 0 Å². The lowest BCUT2D eigenvalue weighted by Gasteiger charge is -2.00. The standard InChI is InChI=1S/C13H13ClN.ClH/c1-11-4-2-3-9-15(11)10-12-5-7-13(14)8-6-12;/h2-9H,10H2,1H3;1H/q+1;/p-1. The lowest BCUT2D eigenvalue weighted by atomic mass is 10.2. The number of aromatic nitrogens is 1. The predicted octanol–water partition coefficient (Wildman–Crippen LogP) is -0.0118. The van der Waals surface area contributed by atoms with Crippen molar-refractivity contribution in [1.29, 1.82) is 0 Å². The van der Waals surface area contributed by atoms with Crippen molar-refractivity contribution in [3.63, 3.8) is 0 Å². The van der Waals surface area contributed by atoms with Gasteiger partial charge in [0.15, 0.2) is 18.4 Å². The molecule has 0 aliphatic rings. The molecule has 1 aromatic carbocycles. The van der Waals surface area contributed by atoms with Crippen LogP contribution in [-0.4, -0.2) is 0 Å². The Kier molecular flexibility index (Phi) is 4.78. The van der Waals surface area contributed by atoms with Crippen molar-refractivity contribution in [2.45, 2.75) is 13.5 Å². The third-order valence-corrected chi connectivity index (χ3v) is 2.69. The molecule has 0 saturated carbocycles. The molecule has 0 bridgehead atoms. The molecule has 0 radical (unpaired) electrons. The first kappa shape index (κ1) is 13.0. The minimum absolute atomic E-state index is 0. The largest absolute Gasteiger partial charge is 1.00 e. The highest BCUT2D eigenvalue weighted by atomic mass is 35.5. The summed E-state index contributed by atoms with van der Waals surface area (Å²) in [6, 6.07) is 14.2. The average Bonchev–Trinajstić information content (AvgIpc) is 2.25. The van der Waals surface area contributed by atoms with Gasteiger partial charge in [-0.3, -0.25) is 0 Å². The van der Waals surface area contributed by atoms with E-state index in [0.29, 0.717) is 0 Å². The van der Waals surface area contributed by atoms with Gasteiger partial charge in [-0.1, -0.05) is 29.8 Å². The van der Waals surface area contributed by atoms with Crippen LogP contribution in [-0.2, 0) is 6.54 Å². The van der Waals surface area contributed by atoms with Crippen molar-refractivity contribution in [3.05, 3.63) is 64.9 Å². The zero-order chi connectivity index (χ0) is 10.7. The van der Waals surface area contributed by atoms with Crippen molar-refractivity contribution in [1.82, 2.24) is 0 Å². The van der Waals surface area contributed by atoms with E-state index in [0.717, 1.165) is 11.6 Å². The van der Waals surface area contributed by atoms with Crippen LogP contribution in [0.3, 0.4) is 0 Å². The highest BCUT2D eigenvalue weighted by Gasteiger charge is 2.05. The Hall–Kier alpha value is -1.05. The van der Waals surface area contributed by atoms with Crippen LogP contribution in [0.15, 0.2) is 48.7 Å². The summed E-state index contributed by atoms with van der Waals surface area (Å²) >= 11 is 5.84. The van der Waals surface area contributed by atoms with E-state index in [9.17, 15) is 0 Å². The molecule has 0 aliphatic carbocycles. The van der Waals surface area contributed by atoms with Crippen LogP contribution in [0.2, 0.25) is 5.02 Å². The molecule has 0 fully saturated rings. The van der Waals surface area contributed by atoms with Gasteiger partial charge in [0.1, 0.15) is 0 Å². The minimum atomic E-state index is 0. The van der Waals surface area contributed by atoms with Gasteiger partial charge in [-0.2, -0.15) is 4.57 Å². The van der Waals surface area contributed by atoms with Crippen LogP contribution >= 0.6 is 11.6 Å². The maximum absolute atomic E-state index is 5.84. The molecular formula is C13H13Cl2N. The molecule has 0 spiro atoms. The van der Waals surface area contributed by atoms with Gasteiger partial charge in [-0.25, -0.2) is 0 Å². The Morgan fingerprint density at radius 2 is 1.75 bits per heavy atom. The third kappa shape index (κ3) is 3.22. The van der Waals surface area contributed by atoms with Crippen LogP contribution < -0.4 is 17.0 Å². The summed E-state index contributed by atoms with van der Waals surface area (Å²) in [5.41, 5.74) is 2.52. The van der Waals surface area contributed by atoms with Gasteiger partial charge in [0.05, 0.1) is 0 Å². The van der Waals surface area contributed by atoms with Crippen LogP contribution in [0.25, 0.3) is 0 Å². The third-order valence-electron chi connectivity index (χ3n) is 2.43. The monoisotopic (exact) mass is 253 g/mol. The van der Waals surface area contributed by atoms with E-state index in [-0.39, 0.29) is 12.4 Å². The first-order valence-corrected chi connectivity index (χ1v) is 5.33. The first-order chi connectivity index (χ1) is 7.25. The molecule has 3 heteroatoms. The van der Waals surface area contributed by atoms with Crippen LogP contribution in [0.1, 0.15) is 11.3 Å². The minimum Gasteiger partial charge on any atom is -1.00 e. The second kappa shape index (κ2) is 5.88. The van der Waals surface area contributed by atoms with Gasteiger partial charge >= 0.3 is 0 Å². The van der Waals surface area contributed by atoms with E-state index in [4.69, 9.17) is 11.6 Å². The van der Waals surface area contributed by atoms with E-state index < -0.39 is 0 Å². The zero-order valence-corrected chi connectivity index (χ0v) is 10.5. The fourth-order valence-corrected chi connectivity index (χ4v) is 1.65. The molecule has 1 heterocycles. The summed E-state index contributed by atoms with van der Waals surface area (Å²) in [6.07, 6.45) is 2.09. The molecule has 0 unspecified atom stereocenters. The van der Waals surface area contributed by atoms with Gasteiger partial charge < -0.3 is 12.4 Å². The number of pyridine rings is 1.